The van der Waals surface area contributed by atoms with Crippen LogP contribution in [0.1, 0.15) is 52.0 Å². The number of aryl methyl sites for hydroxylation is 1. The zero-order valence-electron chi connectivity index (χ0n) is 12.1. The number of hydrogen-bond acceptors (Lipinski definition) is 1. The average Bonchev–Trinajstić information content (AvgIpc) is 2.37. The lowest BCUT2D eigenvalue weighted by atomic mass is 9.78. The highest BCUT2D eigenvalue weighted by molar-refractivity contribution is 5.52. The molecule has 0 aromatic heterocycles. The van der Waals surface area contributed by atoms with Gasteiger partial charge in [0.05, 0.1) is 0 Å². The van der Waals surface area contributed by atoms with Crippen LogP contribution in [0.5, 0.6) is 0 Å². The lowest BCUT2D eigenvalue weighted by molar-refractivity contribution is 0.253. The minimum Gasteiger partial charge on any atom is -0.382 e. The van der Waals surface area contributed by atoms with Crippen molar-refractivity contribution in [3.63, 3.8) is 0 Å². The molecule has 3 unspecified atom stereocenters. The summed E-state index contributed by atoms with van der Waals surface area (Å²) in [6.45, 7) is 7.06. The molecule has 1 aromatic rings. The molecule has 1 heteroatoms. The Morgan fingerprint density at radius 1 is 1.17 bits per heavy atom. The van der Waals surface area contributed by atoms with Gasteiger partial charge in [0.15, 0.2) is 0 Å². The highest BCUT2D eigenvalue weighted by Gasteiger charge is 2.27. The topological polar surface area (TPSA) is 12.0 Å². The number of benzene rings is 1. The van der Waals surface area contributed by atoms with Crippen molar-refractivity contribution in [2.75, 3.05) is 5.32 Å². The van der Waals surface area contributed by atoms with Crippen LogP contribution in [0.25, 0.3) is 0 Å². The van der Waals surface area contributed by atoms with Gasteiger partial charge in [0.2, 0.25) is 0 Å². The van der Waals surface area contributed by atoms with Gasteiger partial charge in [-0.3, -0.25) is 0 Å². The first-order valence-corrected chi connectivity index (χ1v) is 7.56. The fourth-order valence-electron chi connectivity index (χ4n) is 3.13. The molecule has 100 valence electrons. The summed E-state index contributed by atoms with van der Waals surface area (Å²) in [5.41, 5.74) is 2.84. The Hall–Kier alpha value is -0.980. The van der Waals surface area contributed by atoms with Gasteiger partial charge < -0.3 is 5.32 Å². The summed E-state index contributed by atoms with van der Waals surface area (Å²) < 4.78 is 0. The van der Waals surface area contributed by atoms with Gasteiger partial charge in [-0.2, -0.15) is 0 Å². The third-order valence-electron chi connectivity index (χ3n) is 4.58. The standard InChI is InChI=1S/C17H27N/c1-4-8-15-10-5-6-11-17(15)18-16-12-7-9-13(2)14(16)3/h5-6,10-11,13-14,16,18H,4,7-9,12H2,1-3H3. The van der Waals surface area contributed by atoms with E-state index in [2.05, 4.69) is 50.4 Å². The van der Waals surface area contributed by atoms with Crippen LogP contribution in [-0.4, -0.2) is 6.04 Å². The molecule has 0 heterocycles. The van der Waals surface area contributed by atoms with E-state index >= 15 is 0 Å². The van der Waals surface area contributed by atoms with Crippen LogP contribution in [0.2, 0.25) is 0 Å². The van der Waals surface area contributed by atoms with E-state index < -0.39 is 0 Å². The van der Waals surface area contributed by atoms with Crippen molar-refractivity contribution < 1.29 is 0 Å². The Morgan fingerprint density at radius 3 is 2.72 bits per heavy atom. The quantitative estimate of drug-likeness (QED) is 0.797. The number of hydrogen-bond donors (Lipinski definition) is 1. The summed E-state index contributed by atoms with van der Waals surface area (Å²) in [5.74, 6) is 1.64. The van der Waals surface area contributed by atoms with Gasteiger partial charge in [-0.05, 0) is 36.3 Å². The lowest BCUT2D eigenvalue weighted by Crippen LogP contribution is -2.35. The predicted octanol–water partition coefficient (Wildman–Crippen LogP) is 4.88. The largest absolute Gasteiger partial charge is 0.382 e. The molecule has 1 saturated carbocycles. The summed E-state index contributed by atoms with van der Waals surface area (Å²) in [4.78, 5) is 0. The highest BCUT2D eigenvalue weighted by Crippen LogP contribution is 2.32. The molecule has 1 aliphatic carbocycles. The Morgan fingerprint density at radius 2 is 1.94 bits per heavy atom. The summed E-state index contributed by atoms with van der Waals surface area (Å²) >= 11 is 0. The molecule has 18 heavy (non-hydrogen) atoms. The second-order valence-electron chi connectivity index (χ2n) is 5.93. The van der Waals surface area contributed by atoms with Gasteiger partial charge >= 0.3 is 0 Å². The average molecular weight is 245 g/mol. The molecule has 0 saturated heterocycles. The minimum absolute atomic E-state index is 0.659. The summed E-state index contributed by atoms with van der Waals surface area (Å²) in [7, 11) is 0. The van der Waals surface area contributed by atoms with E-state index in [1.807, 2.05) is 0 Å². The number of rotatable bonds is 4. The Kier molecular flexibility index (Phi) is 4.68. The molecule has 1 aliphatic rings. The molecule has 1 nitrogen and oxygen atoms in total. The third kappa shape index (κ3) is 3.07. The smallest absolute Gasteiger partial charge is 0.0374 e. The summed E-state index contributed by atoms with van der Waals surface area (Å²) in [6, 6.07) is 9.48. The third-order valence-corrected chi connectivity index (χ3v) is 4.58. The van der Waals surface area contributed by atoms with Crippen molar-refractivity contribution in [1.82, 2.24) is 0 Å². The first-order chi connectivity index (χ1) is 8.72. The van der Waals surface area contributed by atoms with E-state index in [-0.39, 0.29) is 0 Å². The van der Waals surface area contributed by atoms with E-state index in [4.69, 9.17) is 0 Å². The number of para-hydroxylation sites is 1. The molecular formula is C17H27N. The van der Waals surface area contributed by atoms with E-state index in [0.717, 1.165) is 11.8 Å². The van der Waals surface area contributed by atoms with E-state index in [1.54, 1.807) is 0 Å². The molecule has 1 fully saturated rings. The maximum Gasteiger partial charge on any atom is 0.0374 e. The maximum atomic E-state index is 3.81. The van der Waals surface area contributed by atoms with Gasteiger partial charge in [0, 0.05) is 11.7 Å². The first kappa shape index (κ1) is 13.5. The molecule has 1 aromatic carbocycles. The SMILES string of the molecule is CCCc1ccccc1NC1CCCC(C)C1C. The second kappa shape index (κ2) is 6.26. The van der Waals surface area contributed by atoms with Crippen molar-refractivity contribution >= 4 is 5.69 Å². The summed E-state index contributed by atoms with van der Waals surface area (Å²) in [6.07, 6.45) is 6.50. The lowest BCUT2D eigenvalue weighted by Gasteiger charge is -2.35. The van der Waals surface area contributed by atoms with E-state index in [9.17, 15) is 0 Å². The van der Waals surface area contributed by atoms with Gasteiger partial charge in [-0.15, -0.1) is 0 Å². The van der Waals surface area contributed by atoms with Crippen molar-refractivity contribution in [1.29, 1.82) is 0 Å². The maximum absolute atomic E-state index is 3.81. The van der Waals surface area contributed by atoms with Crippen LogP contribution in [-0.2, 0) is 6.42 Å². The van der Waals surface area contributed by atoms with Crippen LogP contribution in [0.15, 0.2) is 24.3 Å². The minimum atomic E-state index is 0.659. The molecule has 1 N–H and O–H groups in total. The van der Waals surface area contributed by atoms with E-state index in [0.29, 0.717) is 6.04 Å². The second-order valence-corrected chi connectivity index (χ2v) is 5.93. The Balaban J connectivity index is 2.08. The van der Waals surface area contributed by atoms with Gasteiger partial charge in [0.25, 0.3) is 0 Å². The monoisotopic (exact) mass is 245 g/mol. The van der Waals surface area contributed by atoms with Crippen LogP contribution in [0.3, 0.4) is 0 Å². The van der Waals surface area contributed by atoms with Crippen molar-refractivity contribution in [3.05, 3.63) is 29.8 Å². The van der Waals surface area contributed by atoms with Crippen LogP contribution >= 0.6 is 0 Å². The molecular weight excluding hydrogens is 218 g/mol. The van der Waals surface area contributed by atoms with Crippen molar-refractivity contribution in [2.24, 2.45) is 11.8 Å². The summed E-state index contributed by atoms with van der Waals surface area (Å²) in [5, 5.41) is 3.81. The predicted molar refractivity (Wildman–Crippen MR) is 80.0 cm³/mol. The molecule has 0 spiro atoms. The fourth-order valence-corrected chi connectivity index (χ4v) is 3.13. The van der Waals surface area contributed by atoms with Crippen molar-refractivity contribution in [2.45, 2.75) is 58.9 Å². The van der Waals surface area contributed by atoms with Crippen LogP contribution in [0, 0.1) is 11.8 Å². The normalized spacial score (nSPS) is 28.1. The number of anilines is 1. The zero-order chi connectivity index (χ0) is 13.0. The van der Waals surface area contributed by atoms with Crippen LogP contribution < -0.4 is 5.32 Å². The fraction of sp³-hybridized carbons (Fsp3) is 0.647. The molecule has 0 aliphatic heterocycles. The van der Waals surface area contributed by atoms with Gasteiger partial charge in [0.1, 0.15) is 0 Å². The van der Waals surface area contributed by atoms with Gasteiger partial charge in [-0.1, -0.05) is 58.2 Å². The molecule has 0 amide bonds. The van der Waals surface area contributed by atoms with E-state index in [1.165, 1.54) is 43.4 Å². The zero-order valence-corrected chi connectivity index (χ0v) is 12.1. The molecule has 2 rings (SSSR count). The number of nitrogens with one attached hydrogen (secondary N) is 1. The van der Waals surface area contributed by atoms with Crippen molar-refractivity contribution in [3.8, 4) is 0 Å². The first-order valence-electron chi connectivity index (χ1n) is 7.56. The Labute approximate surface area is 112 Å². The van der Waals surface area contributed by atoms with Crippen LogP contribution in [0.4, 0.5) is 5.69 Å². The van der Waals surface area contributed by atoms with Gasteiger partial charge in [-0.25, -0.2) is 0 Å². The molecule has 3 atom stereocenters. The molecule has 0 bridgehead atoms. The molecule has 0 radical (unpaired) electrons. The Bertz CT molecular complexity index is 372. The highest BCUT2D eigenvalue weighted by atomic mass is 14.9.